The first-order valence-electron chi connectivity index (χ1n) is 10.5. The van der Waals surface area contributed by atoms with E-state index in [1.165, 1.54) is 0 Å². The molecule has 0 atom stereocenters. The minimum atomic E-state index is -0.189. The van der Waals surface area contributed by atoms with Gasteiger partial charge in [0.1, 0.15) is 11.6 Å². The highest BCUT2D eigenvalue weighted by molar-refractivity contribution is 5.98. The number of aromatic nitrogens is 2. The molecule has 1 aliphatic rings. The molecular weight excluding hydrogens is 394 g/mol. The van der Waals surface area contributed by atoms with Gasteiger partial charge >= 0.3 is 0 Å². The van der Waals surface area contributed by atoms with Gasteiger partial charge in [-0.2, -0.15) is 0 Å². The number of carbonyl (C=O) groups is 2. The van der Waals surface area contributed by atoms with E-state index in [1.807, 2.05) is 6.07 Å². The van der Waals surface area contributed by atoms with Crippen LogP contribution in [0.2, 0.25) is 0 Å². The average Bonchev–Trinajstić information content (AvgIpc) is 2.82. The van der Waals surface area contributed by atoms with Crippen molar-refractivity contribution >= 4 is 22.6 Å². The summed E-state index contributed by atoms with van der Waals surface area (Å²) >= 11 is 0. The predicted molar refractivity (Wildman–Crippen MR) is 117 cm³/mol. The fraction of sp³-hybridized carbons (Fsp3) is 0.333. The summed E-state index contributed by atoms with van der Waals surface area (Å²) in [5, 5.41) is 0.543. The van der Waals surface area contributed by atoms with E-state index in [4.69, 9.17) is 4.74 Å². The van der Waals surface area contributed by atoms with Gasteiger partial charge in [-0.1, -0.05) is 12.1 Å². The first kappa shape index (κ1) is 20.8. The number of carbonyl (C=O) groups excluding carboxylic acids is 2. The molecule has 1 aliphatic heterocycles. The Balaban J connectivity index is 1.31. The van der Waals surface area contributed by atoms with Crippen LogP contribution in [-0.2, 0) is 11.2 Å². The topological polar surface area (TPSA) is 92.4 Å². The number of fused-ring (bicyclic) bond motifs is 1. The number of hydrogen-bond donors (Lipinski definition) is 1. The number of nitrogens with one attached hydrogen (secondary N) is 1. The van der Waals surface area contributed by atoms with Gasteiger partial charge in [0.15, 0.2) is 5.78 Å². The van der Waals surface area contributed by atoms with Crippen molar-refractivity contribution in [2.75, 3.05) is 20.2 Å². The summed E-state index contributed by atoms with van der Waals surface area (Å²) in [5.41, 5.74) is 1.12. The first-order chi connectivity index (χ1) is 15.0. The van der Waals surface area contributed by atoms with Crippen molar-refractivity contribution in [3.05, 3.63) is 70.3 Å². The molecule has 3 aromatic rings. The summed E-state index contributed by atoms with van der Waals surface area (Å²) in [7, 11) is 1.59. The predicted octanol–water partition coefficient (Wildman–Crippen LogP) is 2.99. The fourth-order valence-electron chi connectivity index (χ4n) is 4.02. The number of nitrogens with zero attached hydrogens (tertiary/aromatic N) is 2. The van der Waals surface area contributed by atoms with Crippen LogP contribution in [0.5, 0.6) is 5.75 Å². The lowest BCUT2D eigenvalue weighted by atomic mass is 9.88. The number of piperidine rings is 1. The largest absolute Gasteiger partial charge is 0.497 e. The zero-order valence-corrected chi connectivity index (χ0v) is 17.5. The molecule has 0 unspecified atom stereocenters. The smallest absolute Gasteiger partial charge is 0.258 e. The molecule has 31 heavy (non-hydrogen) atoms. The molecule has 1 N–H and O–H groups in total. The van der Waals surface area contributed by atoms with Gasteiger partial charge in [0.05, 0.1) is 18.0 Å². The van der Waals surface area contributed by atoms with E-state index in [1.54, 1.807) is 54.5 Å². The summed E-state index contributed by atoms with van der Waals surface area (Å²) in [6.45, 7) is 1.13. The molecule has 2 heterocycles. The number of para-hydroxylation sites is 1. The number of aromatic amines is 1. The lowest BCUT2D eigenvalue weighted by molar-refractivity contribution is -0.132. The van der Waals surface area contributed by atoms with Crippen LogP contribution >= 0.6 is 0 Å². The second kappa shape index (κ2) is 9.12. The number of aryl methyl sites for hydroxylation is 1. The number of ketones is 1. The molecule has 2 aromatic carbocycles. The van der Waals surface area contributed by atoms with Crippen LogP contribution in [0.4, 0.5) is 0 Å². The maximum Gasteiger partial charge on any atom is 0.258 e. The minimum Gasteiger partial charge on any atom is -0.497 e. The monoisotopic (exact) mass is 419 g/mol. The third-order valence-corrected chi connectivity index (χ3v) is 5.83. The summed E-state index contributed by atoms with van der Waals surface area (Å²) < 4.78 is 5.14. The maximum atomic E-state index is 12.7. The molecule has 160 valence electrons. The number of ether oxygens (including phenoxy) is 1. The van der Waals surface area contributed by atoms with Crippen LogP contribution in [0.25, 0.3) is 10.9 Å². The van der Waals surface area contributed by atoms with Crippen LogP contribution in [0.1, 0.15) is 35.4 Å². The molecule has 1 aromatic heterocycles. The van der Waals surface area contributed by atoms with Crippen molar-refractivity contribution in [3.63, 3.8) is 0 Å². The second-order valence-corrected chi connectivity index (χ2v) is 7.78. The number of H-pyrrole nitrogens is 1. The molecule has 4 rings (SSSR count). The Hall–Kier alpha value is -3.48. The van der Waals surface area contributed by atoms with Crippen LogP contribution < -0.4 is 10.3 Å². The van der Waals surface area contributed by atoms with Gasteiger partial charge < -0.3 is 14.6 Å². The van der Waals surface area contributed by atoms with Gasteiger partial charge in [-0.15, -0.1) is 0 Å². The van der Waals surface area contributed by atoms with Crippen LogP contribution in [0.15, 0.2) is 53.3 Å². The molecule has 7 heteroatoms. The highest BCUT2D eigenvalue weighted by atomic mass is 16.5. The highest BCUT2D eigenvalue weighted by Gasteiger charge is 2.27. The van der Waals surface area contributed by atoms with Gasteiger partial charge in [0.2, 0.25) is 5.91 Å². The summed E-state index contributed by atoms with van der Waals surface area (Å²) in [6, 6.07) is 14.3. The zero-order chi connectivity index (χ0) is 21.8. The van der Waals surface area contributed by atoms with Crippen molar-refractivity contribution in [1.82, 2.24) is 14.9 Å². The van der Waals surface area contributed by atoms with Crippen LogP contribution in [0, 0.1) is 5.92 Å². The molecule has 0 bridgehead atoms. The van der Waals surface area contributed by atoms with Gasteiger partial charge in [-0.25, -0.2) is 4.98 Å². The lowest BCUT2D eigenvalue weighted by Crippen LogP contribution is -2.40. The molecule has 1 amide bonds. The van der Waals surface area contributed by atoms with Crippen LogP contribution in [-0.4, -0.2) is 46.8 Å². The molecule has 7 nitrogen and oxygen atoms in total. The number of rotatable bonds is 6. The van der Waals surface area contributed by atoms with Crippen molar-refractivity contribution < 1.29 is 14.3 Å². The number of likely N-dealkylation sites (tertiary alicyclic amines) is 1. The number of Topliss-reactive ketones (excluding diaryl/α,β-unsaturated/α-hetero) is 1. The van der Waals surface area contributed by atoms with Gasteiger partial charge in [-0.3, -0.25) is 14.4 Å². The number of methoxy groups -OCH3 is 1. The third kappa shape index (κ3) is 4.66. The Morgan fingerprint density at radius 3 is 2.52 bits per heavy atom. The Kier molecular flexibility index (Phi) is 6.11. The van der Waals surface area contributed by atoms with Crippen LogP contribution in [0.3, 0.4) is 0 Å². The number of benzene rings is 2. The van der Waals surface area contributed by atoms with Crippen molar-refractivity contribution in [2.24, 2.45) is 5.92 Å². The summed E-state index contributed by atoms with van der Waals surface area (Å²) in [4.78, 5) is 46.6. The number of amides is 1. The summed E-state index contributed by atoms with van der Waals surface area (Å²) in [5.74, 6) is 1.30. The summed E-state index contributed by atoms with van der Waals surface area (Å²) in [6.07, 6.45) is 1.96. The highest BCUT2D eigenvalue weighted by Crippen LogP contribution is 2.23. The van der Waals surface area contributed by atoms with Gasteiger partial charge in [-0.05, 0) is 49.2 Å². The maximum absolute atomic E-state index is 12.7. The van der Waals surface area contributed by atoms with Crippen molar-refractivity contribution in [2.45, 2.75) is 25.7 Å². The van der Waals surface area contributed by atoms with E-state index in [2.05, 4.69) is 9.97 Å². The van der Waals surface area contributed by atoms with Crippen molar-refractivity contribution in [1.29, 1.82) is 0 Å². The quantitative estimate of drug-likeness (QED) is 0.620. The molecule has 0 spiro atoms. The van der Waals surface area contributed by atoms with E-state index >= 15 is 0 Å². The second-order valence-electron chi connectivity index (χ2n) is 7.78. The fourth-order valence-corrected chi connectivity index (χ4v) is 4.02. The molecule has 1 saturated heterocycles. The Morgan fingerprint density at radius 1 is 1.10 bits per heavy atom. The SMILES string of the molecule is COc1ccc(C(=O)C2CCN(C(=O)CCc3nc4ccccc4c(=O)[nH]3)CC2)cc1. The zero-order valence-electron chi connectivity index (χ0n) is 17.5. The van der Waals surface area contributed by atoms with E-state index < -0.39 is 0 Å². The minimum absolute atomic E-state index is 0.0196. The van der Waals surface area contributed by atoms with E-state index in [0.29, 0.717) is 54.6 Å². The Labute approximate surface area is 180 Å². The number of hydrogen-bond acceptors (Lipinski definition) is 5. The molecule has 1 fully saturated rings. The first-order valence-corrected chi connectivity index (χ1v) is 10.5. The molecule has 0 aliphatic carbocycles. The van der Waals surface area contributed by atoms with E-state index in [0.717, 1.165) is 5.75 Å². The average molecular weight is 419 g/mol. The Bertz CT molecular complexity index is 1150. The van der Waals surface area contributed by atoms with Gasteiger partial charge in [0, 0.05) is 37.4 Å². The Morgan fingerprint density at radius 2 is 1.81 bits per heavy atom. The molecule has 0 radical (unpaired) electrons. The van der Waals surface area contributed by atoms with E-state index in [-0.39, 0.29) is 29.6 Å². The van der Waals surface area contributed by atoms with E-state index in [9.17, 15) is 14.4 Å². The standard InChI is InChI=1S/C24H25N3O4/c1-31-18-8-6-16(7-9-18)23(29)17-12-14-27(15-13-17)22(28)11-10-21-25-20-5-3-2-4-19(20)24(30)26-21/h2-9,17H,10-15H2,1H3,(H,25,26,30). The molecule has 0 saturated carbocycles. The van der Waals surface area contributed by atoms with Crippen molar-refractivity contribution in [3.8, 4) is 5.75 Å². The van der Waals surface area contributed by atoms with Gasteiger partial charge in [0.25, 0.3) is 5.56 Å². The molecular formula is C24H25N3O4. The normalized spacial score (nSPS) is 14.5. The third-order valence-electron chi connectivity index (χ3n) is 5.83. The lowest BCUT2D eigenvalue weighted by Gasteiger charge is -2.31.